The minimum absolute atomic E-state index is 0.152. The summed E-state index contributed by atoms with van der Waals surface area (Å²) in [5.41, 5.74) is 2.50. The second-order valence-electron chi connectivity index (χ2n) is 4.51. The highest BCUT2D eigenvalue weighted by Crippen LogP contribution is 2.27. The van der Waals surface area contributed by atoms with Crippen molar-refractivity contribution in [1.82, 2.24) is 0 Å². The quantitative estimate of drug-likeness (QED) is 0.846. The van der Waals surface area contributed by atoms with E-state index in [1.54, 1.807) is 13.8 Å². The normalized spacial score (nSPS) is 9.89. The maximum Gasteiger partial charge on any atom is 0.411 e. The third kappa shape index (κ3) is 4.55. The van der Waals surface area contributed by atoms with E-state index in [4.69, 9.17) is 15.9 Å². The zero-order valence-electron chi connectivity index (χ0n) is 11.7. The lowest BCUT2D eigenvalue weighted by Gasteiger charge is -2.14. The number of aryl methyl sites for hydroxylation is 2. The standard InChI is InChI=1S/C15H19NO3/c1-6-7-18-14-11(4)8-13(9-12(14)5)16-15(17)19-10(2)3/h1,8-10H,7H2,2-5H3,(H,16,17). The maximum absolute atomic E-state index is 11.5. The van der Waals surface area contributed by atoms with Crippen LogP contribution in [0.4, 0.5) is 10.5 Å². The van der Waals surface area contributed by atoms with Crippen molar-refractivity contribution in [3.05, 3.63) is 23.3 Å². The molecule has 0 aliphatic rings. The zero-order chi connectivity index (χ0) is 14.4. The molecular weight excluding hydrogens is 242 g/mol. The highest BCUT2D eigenvalue weighted by molar-refractivity contribution is 5.85. The smallest absolute Gasteiger partial charge is 0.411 e. The van der Waals surface area contributed by atoms with Gasteiger partial charge in [-0.1, -0.05) is 5.92 Å². The number of rotatable bonds is 4. The van der Waals surface area contributed by atoms with E-state index in [0.717, 1.165) is 16.9 Å². The third-order valence-corrected chi connectivity index (χ3v) is 2.35. The first-order valence-corrected chi connectivity index (χ1v) is 6.09. The first kappa shape index (κ1) is 14.9. The molecule has 0 bridgehead atoms. The lowest BCUT2D eigenvalue weighted by atomic mass is 10.1. The number of carbonyl (C=O) groups excluding carboxylic acids is 1. The SMILES string of the molecule is C#CCOc1c(C)cc(NC(=O)OC(C)C)cc1C. The first-order chi connectivity index (χ1) is 8.93. The number of anilines is 1. The number of carbonyl (C=O) groups is 1. The van der Waals surface area contributed by atoms with Crippen LogP contribution in [0.15, 0.2) is 12.1 Å². The Bertz CT molecular complexity index is 478. The summed E-state index contributed by atoms with van der Waals surface area (Å²) in [7, 11) is 0. The summed E-state index contributed by atoms with van der Waals surface area (Å²) in [5, 5.41) is 2.68. The molecule has 1 N–H and O–H groups in total. The second-order valence-corrected chi connectivity index (χ2v) is 4.51. The highest BCUT2D eigenvalue weighted by atomic mass is 16.6. The van der Waals surface area contributed by atoms with Crippen molar-refractivity contribution in [1.29, 1.82) is 0 Å². The van der Waals surface area contributed by atoms with Gasteiger partial charge in [0.15, 0.2) is 0 Å². The number of hydrogen-bond donors (Lipinski definition) is 1. The number of ether oxygens (including phenoxy) is 2. The summed E-state index contributed by atoms with van der Waals surface area (Å²) in [6.45, 7) is 7.62. The lowest BCUT2D eigenvalue weighted by Crippen LogP contribution is -2.18. The number of benzene rings is 1. The number of amides is 1. The molecule has 1 rings (SSSR count). The van der Waals surface area contributed by atoms with Gasteiger partial charge in [-0.3, -0.25) is 5.32 Å². The van der Waals surface area contributed by atoms with Gasteiger partial charge in [-0.2, -0.15) is 0 Å². The molecule has 0 atom stereocenters. The van der Waals surface area contributed by atoms with Crippen LogP contribution in [-0.2, 0) is 4.74 Å². The van der Waals surface area contributed by atoms with Crippen molar-refractivity contribution in [2.24, 2.45) is 0 Å². The van der Waals surface area contributed by atoms with Crippen LogP contribution in [0.5, 0.6) is 5.75 Å². The van der Waals surface area contributed by atoms with Gasteiger partial charge in [0.2, 0.25) is 0 Å². The van der Waals surface area contributed by atoms with Gasteiger partial charge in [-0.15, -0.1) is 6.42 Å². The molecule has 0 aliphatic heterocycles. The molecule has 19 heavy (non-hydrogen) atoms. The molecule has 0 unspecified atom stereocenters. The van der Waals surface area contributed by atoms with Crippen molar-refractivity contribution in [3.8, 4) is 18.1 Å². The second kappa shape index (κ2) is 6.69. The largest absolute Gasteiger partial charge is 0.480 e. The molecule has 0 saturated carbocycles. The zero-order valence-corrected chi connectivity index (χ0v) is 11.7. The molecule has 0 saturated heterocycles. The predicted molar refractivity (Wildman–Crippen MR) is 75.5 cm³/mol. The van der Waals surface area contributed by atoms with Crippen LogP contribution in [0.3, 0.4) is 0 Å². The Morgan fingerprint density at radius 2 is 1.95 bits per heavy atom. The number of terminal acetylenes is 1. The minimum atomic E-state index is -0.467. The Balaban J connectivity index is 2.83. The molecule has 0 radical (unpaired) electrons. The van der Waals surface area contributed by atoms with Gasteiger partial charge in [-0.05, 0) is 51.0 Å². The fraction of sp³-hybridized carbons (Fsp3) is 0.400. The summed E-state index contributed by atoms with van der Waals surface area (Å²) in [6.07, 6.45) is 4.55. The molecule has 1 amide bonds. The van der Waals surface area contributed by atoms with Crippen LogP contribution in [0.2, 0.25) is 0 Å². The Morgan fingerprint density at radius 3 is 2.42 bits per heavy atom. The Kier molecular flexibility index (Phi) is 5.25. The van der Waals surface area contributed by atoms with Crippen LogP contribution in [-0.4, -0.2) is 18.8 Å². The highest BCUT2D eigenvalue weighted by Gasteiger charge is 2.10. The third-order valence-electron chi connectivity index (χ3n) is 2.35. The monoisotopic (exact) mass is 261 g/mol. The molecule has 0 aliphatic carbocycles. The summed E-state index contributed by atoms with van der Waals surface area (Å²) in [5.74, 6) is 3.18. The fourth-order valence-corrected chi connectivity index (χ4v) is 1.73. The fourth-order valence-electron chi connectivity index (χ4n) is 1.73. The Labute approximate surface area is 114 Å². The molecule has 1 aromatic rings. The van der Waals surface area contributed by atoms with Crippen molar-refractivity contribution in [3.63, 3.8) is 0 Å². The summed E-state index contributed by atoms with van der Waals surface area (Å²) in [6, 6.07) is 3.64. The lowest BCUT2D eigenvalue weighted by molar-refractivity contribution is 0.130. The molecule has 1 aromatic carbocycles. The van der Waals surface area contributed by atoms with E-state index in [1.807, 2.05) is 26.0 Å². The van der Waals surface area contributed by atoms with Gasteiger partial charge in [0, 0.05) is 5.69 Å². The van der Waals surface area contributed by atoms with Crippen LogP contribution in [0.1, 0.15) is 25.0 Å². The number of hydrogen-bond acceptors (Lipinski definition) is 3. The summed E-state index contributed by atoms with van der Waals surface area (Å²) in [4.78, 5) is 11.5. The van der Waals surface area contributed by atoms with Crippen LogP contribution in [0.25, 0.3) is 0 Å². The molecule has 0 fully saturated rings. The van der Waals surface area contributed by atoms with Gasteiger partial charge >= 0.3 is 6.09 Å². The molecule has 4 heteroatoms. The first-order valence-electron chi connectivity index (χ1n) is 6.09. The average molecular weight is 261 g/mol. The Hall–Kier alpha value is -2.15. The van der Waals surface area contributed by atoms with E-state index in [0.29, 0.717) is 5.69 Å². The van der Waals surface area contributed by atoms with Crippen molar-refractivity contribution >= 4 is 11.8 Å². The molecule has 0 heterocycles. The molecule has 0 aromatic heterocycles. The minimum Gasteiger partial charge on any atom is -0.480 e. The molecule has 0 spiro atoms. The van der Waals surface area contributed by atoms with E-state index >= 15 is 0 Å². The van der Waals surface area contributed by atoms with Crippen LogP contribution >= 0.6 is 0 Å². The van der Waals surface area contributed by atoms with E-state index in [1.165, 1.54) is 0 Å². The van der Waals surface area contributed by atoms with Gasteiger partial charge in [-0.25, -0.2) is 4.79 Å². The van der Waals surface area contributed by atoms with E-state index in [2.05, 4.69) is 11.2 Å². The summed E-state index contributed by atoms with van der Waals surface area (Å²) < 4.78 is 10.5. The molecular formula is C15H19NO3. The van der Waals surface area contributed by atoms with E-state index in [-0.39, 0.29) is 12.7 Å². The van der Waals surface area contributed by atoms with Crippen molar-refractivity contribution in [2.75, 3.05) is 11.9 Å². The predicted octanol–water partition coefficient (Wildman–Crippen LogP) is 3.27. The number of nitrogens with one attached hydrogen (secondary N) is 1. The molecule has 102 valence electrons. The summed E-state index contributed by atoms with van der Waals surface area (Å²) >= 11 is 0. The van der Waals surface area contributed by atoms with Gasteiger partial charge in [0.1, 0.15) is 12.4 Å². The Morgan fingerprint density at radius 1 is 1.37 bits per heavy atom. The van der Waals surface area contributed by atoms with Gasteiger partial charge in [0.25, 0.3) is 0 Å². The van der Waals surface area contributed by atoms with Gasteiger partial charge < -0.3 is 9.47 Å². The molecule has 4 nitrogen and oxygen atoms in total. The van der Waals surface area contributed by atoms with E-state index in [9.17, 15) is 4.79 Å². The van der Waals surface area contributed by atoms with Crippen LogP contribution in [0, 0.1) is 26.2 Å². The van der Waals surface area contributed by atoms with E-state index < -0.39 is 6.09 Å². The van der Waals surface area contributed by atoms with Crippen molar-refractivity contribution in [2.45, 2.75) is 33.8 Å². The van der Waals surface area contributed by atoms with Crippen molar-refractivity contribution < 1.29 is 14.3 Å². The topological polar surface area (TPSA) is 47.6 Å². The van der Waals surface area contributed by atoms with Gasteiger partial charge in [0.05, 0.1) is 6.10 Å². The van der Waals surface area contributed by atoms with Crippen LogP contribution < -0.4 is 10.1 Å². The average Bonchev–Trinajstić information content (AvgIpc) is 2.26. The maximum atomic E-state index is 11.5.